The van der Waals surface area contributed by atoms with Crippen LogP contribution in [0.4, 0.5) is 5.82 Å². The van der Waals surface area contributed by atoms with Crippen LogP contribution in [0.1, 0.15) is 28.2 Å². The second-order valence-corrected chi connectivity index (χ2v) is 5.76. The molecule has 0 aliphatic carbocycles. The minimum Gasteiger partial charge on any atom is -0.369 e. The van der Waals surface area contributed by atoms with Gasteiger partial charge >= 0.3 is 0 Å². The molecule has 2 N–H and O–H groups in total. The Labute approximate surface area is 127 Å². The van der Waals surface area contributed by atoms with E-state index in [0.717, 1.165) is 41.0 Å². The zero-order valence-electron chi connectivity index (χ0n) is 12.1. The molecule has 0 aromatic carbocycles. The van der Waals surface area contributed by atoms with Gasteiger partial charge in [0.05, 0.1) is 29.4 Å². The average Bonchev–Trinajstić information content (AvgIpc) is 2.91. The van der Waals surface area contributed by atoms with Crippen LogP contribution in [-0.4, -0.2) is 39.3 Å². The third-order valence-electron chi connectivity index (χ3n) is 3.29. The van der Waals surface area contributed by atoms with Gasteiger partial charge in [-0.25, -0.2) is 9.97 Å². The van der Waals surface area contributed by atoms with Crippen molar-refractivity contribution >= 4 is 17.4 Å². The van der Waals surface area contributed by atoms with Crippen molar-refractivity contribution in [2.45, 2.75) is 26.5 Å². The highest BCUT2D eigenvalue weighted by atomic mass is 32.1. The zero-order valence-corrected chi connectivity index (χ0v) is 12.9. The van der Waals surface area contributed by atoms with Gasteiger partial charge in [-0.05, 0) is 25.4 Å². The smallest absolute Gasteiger partial charge is 0.130 e. The van der Waals surface area contributed by atoms with Crippen molar-refractivity contribution in [2.75, 3.05) is 25.0 Å². The lowest BCUT2D eigenvalue weighted by Gasteiger charge is -2.23. The van der Waals surface area contributed by atoms with Crippen LogP contribution in [0, 0.1) is 13.8 Å². The molecule has 1 aliphatic rings. The molecule has 8 heteroatoms. The SMILES string of the molecule is Cc1nc(NCc2snnc2C)cc([C@@H]2CNCCO2)n1. The average molecular weight is 306 g/mol. The van der Waals surface area contributed by atoms with E-state index < -0.39 is 0 Å². The molecule has 3 rings (SSSR count). The fraction of sp³-hybridized carbons (Fsp3) is 0.538. The molecule has 0 unspecified atom stereocenters. The minimum atomic E-state index is -0.00666. The van der Waals surface area contributed by atoms with Gasteiger partial charge in [0, 0.05) is 19.2 Å². The van der Waals surface area contributed by atoms with E-state index in [1.54, 1.807) is 0 Å². The van der Waals surface area contributed by atoms with Crippen LogP contribution in [0.2, 0.25) is 0 Å². The van der Waals surface area contributed by atoms with Crippen LogP contribution in [0.3, 0.4) is 0 Å². The minimum absolute atomic E-state index is 0.00666. The maximum absolute atomic E-state index is 5.74. The summed E-state index contributed by atoms with van der Waals surface area (Å²) in [5, 5.41) is 10.6. The number of ether oxygens (including phenoxy) is 1. The van der Waals surface area contributed by atoms with E-state index in [4.69, 9.17) is 4.74 Å². The van der Waals surface area contributed by atoms with Crippen molar-refractivity contribution in [3.63, 3.8) is 0 Å². The summed E-state index contributed by atoms with van der Waals surface area (Å²) in [6.45, 7) is 6.91. The van der Waals surface area contributed by atoms with E-state index >= 15 is 0 Å². The molecule has 1 atom stereocenters. The topological polar surface area (TPSA) is 84.9 Å². The van der Waals surface area contributed by atoms with Gasteiger partial charge < -0.3 is 15.4 Å². The van der Waals surface area contributed by atoms with E-state index in [9.17, 15) is 0 Å². The number of hydrogen-bond acceptors (Lipinski definition) is 8. The summed E-state index contributed by atoms with van der Waals surface area (Å²) >= 11 is 1.40. The first kappa shape index (κ1) is 14.3. The second kappa shape index (κ2) is 6.42. The van der Waals surface area contributed by atoms with Crippen LogP contribution < -0.4 is 10.6 Å². The first-order valence-corrected chi connectivity index (χ1v) is 7.69. The largest absolute Gasteiger partial charge is 0.369 e. The maximum Gasteiger partial charge on any atom is 0.130 e. The van der Waals surface area contributed by atoms with Crippen molar-refractivity contribution in [1.29, 1.82) is 0 Å². The molecule has 1 aliphatic heterocycles. The van der Waals surface area contributed by atoms with Crippen molar-refractivity contribution in [2.24, 2.45) is 0 Å². The van der Waals surface area contributed by atoms with Gasteiger partial charge in [0.1, 0.15) is 17.7 Å². The molecule has 2 aromatic heterocycles. The number of anilines is 1. The predicted octanol–water partition coefficient (Wildman–Crippen LogP) is 1.22. The van der Waals surface area contributed by atoms with E-state index in [-0.39, 0.29) is 6.10 Å². The quantitative estimate of drug-likeness (QED) is 0.878. The lowest BCUT2D eigenvalue weighted by molar-refractivity contribution is 0.0249. The molecule has 0 saturated carbocycles. The standard InChI is InChI=1S/C13H18N6OS/c1-8-12(21-19-18-8)7-15-13-5-10(16-9(2)17-13)11-6-14-3-4-20-11/h5,11,14H,3-4,6-7H2,1-2H3,(H,15,16,17)/t11-/m0/s1. The molecule has 1 saturated heterocycles. The molecule has 7 nitrogen and oxygen atoms in total. The van der Waals surface area contributed by atoms with Crippen LogP contribution in [-0.2, 0) is 11.3 Å². The summed E-state index contributed by atoms with van der Waals surface area (Å²) in [4.78, 5) is 10.0. The van der Waals surface area contributed by atoms with Gasteiger partial charge in [-0.1, -0.05) is 4.49 Å². The summed E-state index contributed by atoms with van der Waals surface area (Å²) in [6, 6.07) is 1.95. The monoisotopic (exact) mass is 306 g/mol. The number of hydrogen-bond donors (Lipinski definition) is 2. The number of morpholine rings is 1. The normalized spacial score (nSPS) is 18.7. The molecular formula is C13H18N6OS. The number of nitrogens with zero attached hydrogens (tertiary/aromatic N) is 4. The van der Waals surface area contributed by atoms with Gasteiger partial charge in [-0.2, -0.15) is 0 Å². The molecule has 2 aromatic rings. The van der Waals surface area contributed by atoms with Crippen LogP contribution >= 0.6 is 11.5 Å². The number of rotatable bonds is 4. The molecule has 0 amide bonds. The Hall–Kier alpha value is -1.64. The third kappa shape index (κ3) is 3.52. The molecule has 0 radical (unpaired) electrons. The number of aryl methyl sites for hydroxylation is 2. The molecular weight excluding hydrogens is 288 g/mol. The van der Waals surface area contributed by atoms with Crippen molar-refractivity contribution in [3.05, 3.63) is 28.2 Å². The van der Waals surface area contributed by atoms with Gasteiger partial charge in [0.25, 0.3) is 0 Å². The van der Waals surface area contributed by atoms with Gasteiger partial charge in [0.2, 0.25) is 0 Å². The third-order valence-corrected chi connectivity index (χ3v) is 4.11. The van der Waals surface area contributed by atoms with Gasteiger partial charge in [-0.3, -0.25) is 0 Å². The van der Waals surface area contributed by atoms with Crippen molar-refractivity contribution in [3.8, 4) is 0 Å². The van der Waals surface area contributed by atoms with Crippen LogP contribution in [0.25, 0.3) is 0 Å². The van der Waals surface area contributed by atoms with Crippen molar-refractivity contribution < 1.29 is 4.74 Å². The van der Waals surface area contributed by atoms with Crippen molar-refractivity contribution in [1.82, 2.24) is 24.9 Å². The summed E-state index contributed by atoms with van der Waals surface area (Å²) in [6.07, 6.45) is -0.00666. The van der Waals surface area contributed by atoms with Gasteiger partial charge in [0.15, 0.2) is 0 Å². The Morgan fingerprint density at radius 3 is 3.05 bits per heavy atom. The molecule has 0 bridgehead atoms. The molecule has 0 spiro atoms. The summed E-state index contributed by atoms with van der Waals surface area (Å²) in [5.41, 5.74) is 1.87. The van der Waals surface area contributed by atoms with E-state index in [1.165, 1.54) is 11.5 Å². The van der Waals surface area contributed by atoms with Crippen LogP contribution in [0.15, 0.2) is 6.07 Å². The van der Waals surface area contributed by atoms with E-state index in [2.05, 4.69) is 30.2 Å². The highest BCUT2D eigenvalue weighted by Gasteiger charge is 2.18. The predicted molar refractivity (Wildman–Crippen MR) is 80.3 cm³/mol. The Morgan fingerprint density at radius 1 is 1.43 bits per heavy atom. The Morgan fingerprint density at radius 2 is 2.33 bits per heavy atom. The fourth-order valence-corrected chi connectivity index (χ4v) is 2.76. The lowest BCUT2D eigenvalue weighted by Crippen LogP contribution is -2.34. The first-order valence-electron chi connectivity index (χ1n) is 6.92. The number of nitrogens with one attached hydrogen (secondary N) is 2. The second-order valence-electron chi connectivity index (χ2n) is 4.92. The number of aromatic nitrogens is 4. The van der Waals surface area contributed by atoms with Gasteiger partial charge in [-0.15, -0.1) is 5.10 Å². The summed E-state index contributed by atoms with van der Waals surface area (Å²) in [7, 11) is 0. The molecule has 1 fully saturated rings. The lowest BCUT2D eigenvalue weighted by atomic mass is 10.2. The first-order chi connectivity index (χ1) is 10.2. The Bertz CT molecular complexity index is 610. The highest BCUT2D eigenvalue weighted by Crippen LogP contribution is 2.20. The van der Waals surface area contributed by atoms with E-state index in [1.807, 2.05) is 19.9 Å². The Balaban J connectivity index is 1.73. The summed E-state index contributed by atoms with van der Waals surface area (Å²) < 4.78 is 9.68. The Kier molecular flexibility index (Phi) is 4.37. The molecule has 3 heterocycles. The van der Waals surface area contributed by atoms with E-state index in [0.29, 0.717) is 13.2 Å². The highest BCUT2D eigenvalue weighted by molar-refractivity contribution is 7.05. The zero-order chi connectivity index (χ0) is 14.7. The summed E-state index contributed by atoms with van der Waals surface area (Å²) in [5.74, 6) is 1.54. The molecule has 112 valence electrons. The fourth-order valence-electron chi connectivity index (χ4n) is 2.19. The molecule has 21 heavy (non-hydrogen) atoms. The van der Waals surface area contributed by atoms with Crippen LogP contribution in [0.5, 0.6) is 0 Å². The maximum atomic E-state index is 5.74.